The summed E-state index contributed by atoms with van der Waals surface area (Å²) in [6.45, 7) is 5.31. The normalized spacial score (nSPS) is 26.1. The van der Waals surface area contributed by atoms with Crippen LogP contribution in [0.25, 0.3) is 10.9 Å². The molecule has 1 fully saturated rings. The summed E-state index contributed by atoms with van der Waals surface area (Å²) in [6, 6.07) is 10.6. The molecule has 2 heteroatoms. The number of benzene rings is 1. The van der Waals surface area contributed by atoms with Crippen LogP contribution in [0.3, 0.4) is 0 Å². The van der Waals surface area contributed by atoms with Gasteiger partial charge in [0.15, 0.2) is 0 Å². The second-order valence-electron chi connectivity index (χ2n) is 5.76. The van der Waals surface area contributed by atoms with Gasteiger partial charge in [0.25, 0.3) is 0 Å². The van der Waals surface area contributed by atoms with Crippen LogP contribution in [0.5, 0.6) is 0 Å². The summed E-state index contributed by atoms with van der Waals surface area (Å²) in [6.07, 6.45) is 3.02. The summed E-state index contributed by atoms with van der Waals surface area (Å²) in [5.41, 5.74) is 8.90. The Morgan fingerprint density at radius 3 is 2.71 bits per heavy atom. The number of hydrogen-bond acceptors (Lipinski definition) is 2. The van der Waals surface area contributed by atoms with Crippen molar-refractivity contribution in [2.75, 3.05) is 6.54 Å². The van der Waals surface area contributed by atoms with Crippen molar-refractivity contribution in [1.29, 1.82) is 0 Å². The van der Waals surface area contributed by atoms with E-state index in [1.165, 1.54) is 17.4 Å². The highest BCUT2D eigenvalue weighted by Gasteiger charge is 2.60. The fourth-order valence-electron chi connectivity index (χ4n) is 3.03. The molecular formula is C15H18N2. The lowest BCUT2D eigenvalue weighted by Crippen LogP contribution is -2.25. The van der Waals surface area contributed by atoms with Crippen LogP contribution < -0.4 is 5.73 Å². The Hall–Kier alpha value is -1.41. The Kier molecular flexibility index (Phi) is 2.08. The van der Waals surface area contributed by atoms with Crippen LogP contribution in [0.2, 0.25) is 0 Å². The molecule has 1 aromatic carbocycles. The number of pyridine rings is 1. The molecule has 2 aromatic rings. The number of aromatic nitrogens is 1. The molecule has 17 heavy (non-hydrogen) atoms. The van der Waals surface area contributed by atoms with Crippen LogP contribution in [0.4, 0.5) is 0 Å². The van der Waals surface area contributed by atoms with E-state index in [1.807, 2.05) is 12.3 Å². The average molecular weight is 226 g/mol. The molecule has 88 valence electrons. The fraction of sp³-hybridized carbons (Fsp3) is 0.400. The van der Waals surface area contributed by atoms with Gasteiger partial charge in [-0.1, -0.05) is 32.0 Å². The van der Waals surface area contributed by atoms with Gasteiger partial charge in [-0.25, -0.2) is 0 Å². The third-order valence-electron chi connectivity index (χ3n) is 4.42. The molecule has 0 bridgehead atoms. The lowest BCUT2D eigenvalue weighted by molar-refractivity contribution is 0.503. The van der Waals surface area contributed by atoms with E-state index < -0.39 is 0 Å². The SMILES string of the molecule is CC1(C)CC1(CN)c1ccc2cccnc2c1. The van der Waals surface area contributed by atoms with Crippen LogP contribution in [0.1, 0.15) is 25.8 Å². The molecule has 0 aliphatic heterocycles. The van der Waals surface area contributed by atoms with Gasteiger partial charge >= 0.3 is 0 Å². The molecule has 0 saturated heterocycles. The second-order valence-corrected chi connectivity index (χ2v) is 5.76. The summed E-state index contributed by atoms with van der Waals surface area (Å²) in [4.78, 5) is 4.42. The van der Waals surface area contributed by atoms with Crippen molar-refractivity contribution in [3.8, 4) is 0 Å². The van der Waals surface area contributed by atoms with Crippen molar-refractivity contribution in [2.45, 2.75) is 25.7 Å². The number of rotatable bonds is 2. The van der Waals surface area contributed by atoms with Crippen molar-refractivity contribution in [1.82, 2.24) is 4.98 Å². The van der Waals surface area contributed by atoms with Gasteiger partial charge in [-0.2, -0.15) is 0 Å². The van der Waals surface area contributed by atoms with Crippen molar-refractivity contribution in [2.24, 2.45) is 11.1 Å². The van der Waals surface area contributed by atoms with Gasteiger partial charge in [0.1, 0.15) is 0 Å². The van der Waals surface area contributed by atoms with Gasteiger partial charge in [0.2, 0.25) is 0 Å². The zero-order valence-electron chi connectivity index (χ0n) is 10.4. The molecule has 2 N–H and O–H groups in total. The van der Waals surface area contributed by atoms with Crippen molar-refractivity contribution in [3.63, 3.8) is 0 Å². The zero-order chi connectivity index (χ0) is 12.1. The zero-order valence-corrected chi connectivity index (χ0v) is 10.4. The summed E-state index contributed by atoms with van der Waals surface area (Å²) in [5, 5.41) is 1.20. The molecular weight excluding hydrogens is 208 g/mol. The lowest BCUT2D eigenvalue weighted by Gasteiger charge is -2.19. The van der Waals surface area contributed by atoms with Crippen LogP contribution in [-0.4, -0.2) is 11.5 Å². The van der Waals surface area contributed by atoms with Gasteiger partial charge in [-0.15, -0.1) is 0 Å². The van der Waals surface area contributed by atoms with Crippen LogP contribution in [0.15, 0.2) is 36.5 Å². The van der Waals surface area contributed by atoms with E-state index in [2.05, 4.69) is 43.1 Å². The van der Waals surface area contributed by atoms with E-state index in [0.29, 0.717) is 5.41 Å². The van der Waals surface area contributed by atoms with E-state index in [9.17, 15) is 0 Å². The quantitative estimate of drug-likeness (QED) is 0.855. The summed E-state index contributed by atoms with van der Waals surface area (Å²) in [7, 11) is 0. The maximum Gasteiger partial charge on any atom is 0.0704 e. The van der Waals surface area contributed by atoms with Gasteiger partial charge < -0.3 is 5.73 Å². The number of hydrogen-bond donors (Lipinski definition) is 1. The highest BCUT2D eigenvalue weighted by atomic mass is 14.7. The van der Waals surface area contributed by atoms with Gasteiger partial charge in [0, 0.05) is 23.5 Å². The highest BCUT2D eigenvalue weighted by molar-refractivity contribution is 5.79. The minimum absolute atomic E-state index is 0.165. The summed E-state index contributed by atoms with van der Waals surface area (Å²) in [5.74, 6) is 0. The average Bonchev–Trinajstić information content (AvgIpc) is 2.92. The van der Waals surface area contributed by atoms with Crippen LogP contribution in [0, 0.1) is 5.41 Å². The standard InChI is InChI=1S/C15H18N2/c1-14(2)9-15(14,10-16)12-6-5-11-4-3-7-17-13(11)8-12/h3-8H,9-10,16H2,1-2H3. The number of nitrogens with zero attached hydrogens (tertiary/aromatic N) is 1. The van der Waals surface area contributed by atoms with E-state index in [4.69, 9.17) is 5.73 Å². The maximum atomic E-state index is 6.00. The molecule has 1 aliphatic carbocycles. The van der Waals surface area contributed by atoms with E-state index in [0.717, 1.165) is 12.1 Å². The molecule has 1 atom stereocenters. The molecule has 2 nitrogen and oxygen atoms in total. The molecule has 0 amide bonds. The smallest absolute Gasteiger partial charge is 0.0704 e. The van der Waals surface area contributed by atoms with Crippen molar-refractivity contribution < 1.29 is 0 Å². The Labute approximate surface area is 102 Å². The molecule has 1 aromatic heterocycles. The number of nitrogens with two attached hydrogens (primary N) is 1. The summed E-state index contributed by atoms with van der Waals surface area (Å²) >= 11 is 0. The van der Waals surface area contributed by atoms with Crippen LogP contribution in [-0.2, 0) is 5.41 Å². The summed E-state index contributed by atoms with van der Waals surface area (Å²) < 4.78 is 0. The van der Waals surface area contributed by atoms with Gasteiger partial charge in [0.05, 0.1) is 5.52 Å². The van der Waals surface area contributed by atoms with E-state index in [-0.39, 0.29) is 5.41 Å². The van der Waals surface area contributed by atoms with Crippen molar-refractivity contribution >= 4 is 10.9 Å². The molecule has 0 radical (unpaired) electrons. The Morgan fingerprint density at radius 1 is 1.29 bits per heavy atom. The Bertz CT molecular complexity index is 574. The largest absolute Gasteiger partial charge is 0.330 e. The number of fused-ring (bicyclic) bond motifs is 1. The monoisotopic (exact) mass is 226 g/mol. The molecule has 3 rings (SSSR count). The molecule has 1 saturated carbocycles. The predicted molar refractivity (Wildman–Crippen MR) is 70.9 cm³/mol. The fourth-order valence-corrected chi connectivity index (χ4v) is 3.03. The highest BCUT2D eigenvalue weighted by Crippen LogP contribution is 2.63. The topological polar surface area (TPSA) is 38.9 Å². The maximum absolute atomic E-state index is 6.00. The second kappa shape index (κ2) is 3.30. The first kappa shape index (κ1) is 10.7. The van der Waals surface area contributed by atoms with E-state index >= 15 is 0 Å². The van der Waals surface area contributed by atoms with Crippen molar-refractivity contribution in [3.05, 3.63) is 42.1 Å². The minimum Gasteiger partial charge on any atom is -0.330 e. The first-order valence-corrected chi connectivity index (χ1v) is 6.14. The van der Waals surface area contributed by atoms with Crippen LogP contribution >= 0.6 is 0 Å². The molecule has 1 heterocycles. The molecule has 0 spiro atoms. The van der Waals surface area contributed by atoms with E-state index in [1.54, 1.807) is 0 Å². The minimum atomic E-state index is 0.165. The molecule has 1 aliphatic rings. The van der Waals surface area contributed by atoms with Gasteiger partial charge in [-0.05, 0) is 29.5 Å². The lowest BCUT2D eigenvalue weighted by atomic mass is 9.87. The van der Waals surface area contributed by atoms with Gasteiger partial charge in [-0.3, -0.25) is 4.98 Å². The third-order valence-corrected chi connectivity index (χ3v) is 4.42. The first-order chi connectivity index (χ1) is 8.09. The predicted octanol–water partition coefficient (Wildman–Crippen LogP) is 2.86. The Morgan fingerprint density at radius 2 is 2.06 bits per heavy atom. The third kappa shape index (κ3) is 1.40. The molecule has 1 unspecified atom stereocenters. The first-order valence-electron chi connectivity index (χ1n) is 6.14. The Balaban J connectivity index is 2.13.